The lowest BCUT2D eigenvalue weighted by atomic mass is 9.85. The lowest BCUT2D eigenvalue weighted by molar-refractivity contribution is 0.00855. The molecule has 1 unspecified atom stereocenters. The summed E-state index contributed by atoms with van der Waals surface area (Å²) in [6, 6.07) is 0.748. The number of hydrogen-bond acceptors (Lipinski definition) is 3. The number of aliphatic hydroxyl groups is 1. The third kappa shape index (κ3) is 4.54. The van der Waals surface area contributed by atoms with Gasteiger partial charge >= 0.3 is 0 Å². The minimum Gasteiger partial charge on any atom is -0.388 e. The summed E-state index contributed by atoms with van der Waals surface area (Å²) < 4.78 is 2.07. The van der Waals surface area contributed by atoms with E-state index in [1.807, 2.05) is 0 Å². The Kier molecular flexibility index (Phi) is 5.67. The fourth-order valence-corrected chi connectivity index (χ4v) is 3.92. The Labute approximate surface area is 151 Å². The molecule has 3 rings (SSSR count). The van der Waals surface area contributed by atoms with Crippen LogP contribution in [0.15, 0.2) is 11.2 Å². The maximum absolute atomic E-state index is 10.6. The van der Waals surface area contributed by atoms with Gasteiger partial charge < -0.3 is 15.7 Å². The highest BCUT2D eigenvalue weighted by Gasteiger charge is 2.29. The molecular weight excluding hydrogens is 314 g/mol. The van der Waals surface area contributed by atoms with E-state index in [1.165, 1.54) is 17.7 Å². The fraction of sp³-hybridized carbons (Fsp3) is 0.789. The van der Waals surface area contributed by atoms with Crippen LogP contribution in [0, 0.1) is 0 Å². The van der Waals surface area contributed by atoms with E-state index >= 15 is 0 Å². The Morgan fingerprint density at radius 1 is 1.40 bits per heavy atom. The maximum Gasteiger partial charge on any atom is 0.191 e. The molecule has 1 fully saturated rings. The topological polar surface area (TPSA) is 74.5 Å². The first-order valence-corrected chi connectivity index (χ1v) is 9.75. The van der Waals surface area contributed by atoms with Crippen LogP contribution in [0.5, 0.6) is 0 Å². The van der Waals surface area contributed by atoms with E-state index in [-0.39, 0.29) is 0 Å². The Bertz CT molecular complexity index is 601. The maximum atomic E-state index is 10.6. The molecule has 0 saturated heterocycles. The van der Waals surface area contributed by atoms with Crippen molar-refractivity contribution in [2.45, 2.75) is 82.9 Å². The summed E-state index contributed by atoms with van der Waals surface area (Å²) in [4.78, 5) is 4.34. The number of hydrogen-bond donors (Lipinski definition) is 3. The Morgan fingerprint density at radius 2 is 2.16 bits per heavy atom. The van der Waals surface area contributed by atoms with Crippen LogP contribution in [0.4, 0.5) is 0 Å². The van der Waals surface area contributed by atoms with Crippen molar-refractivity contribution in [3.63, 3.8) is 0 Å². The number of aromatic nitrogens is 2. The van der Waals surface area contributed by atoms with E-state index in [0.29, 0.717) is 18.6 Å². The molecule has 0 amide bonds. The molecule has 140 valence electrons. The van der Waals surface area contributed by atoms with Gasteiger partial charge in [0, 0.05) is 38.3 Å². The molecule has 1 heterocycles. The van der Waals surface area contributed by atoms with Gasteiger partial charge in [-0.2, -0.15) is 5.10 Å². The number of rotatable bonds is 4. The highest BCUT2D eigenvalue weighted by molar-refractivity contribution is 5.80. The van der Waals surface area contributed by atoms with Crippen LogP contribution in [0.25, 0.3) is 0 Å². The Balaban J connectivity index is 1.53. The summed E-state index contributed by atoms with van der Waals surface area (Å²) in [5, 5.41) is 22.2. The number of aliphatic imine (C=N–C) groups is 1. The first-order valence-electron chi connectivity index (χ1n) is 9.75. The van der Waals surface area contributed by atoms with E-state index in [2.05, 4.69) is 40.4 Å². The van der Waals surface area contributed by atoms with Gasteiger partial charge in [-0.05, 0) is 45.1 Å². The summed E-state index contributed by atoms with van der Waals surface area (Å²) in [7, 11) is 1.79. The summed E-state index contributed by atoms with van der Waals surface area (Å²) in [5.74, 6) is 0.788. The second kappa shape index (κ2) is 7.77. The fourth-order valence-electron chi connectivity index (χ4n) is 3.92. The molecule has 0 spiro atoms. The number of nitrogens with zero attached hydrogens (tertiary/aromatic N) is 3. The summed E-state index contributed by atoms with van der Waals surface area (Å²) in [6.07, 6.45) is 10.5. The second-order valence-electron chi connectivity index (χ2n) is 7.97. The summed E-state index contributed by atoms with van der Waals surface area (Å²) in [5.41, 5.74) is 2.01. The standard InChI is InChI=1S/C19H33N5O/c1-14(2)24-12-15-7-8-16(11-17(15)23-24)22-18(20-3)21-13-19(25)9-5-4-6-10-19/h12,14,16,25H,4-11,13H2,1-3H3,(H2,20,21,22). The van der Waals surface area contributed by atoms with Gasteiger partial charge in [0.2, 0.25) is 0 Å². The number of aryl methyl sites for hydroxylation is 1. The molecule has 25 heavy (non-hydrogen) atoms. The van der Waals surface area contributed by atoms with Crippen LogP contribution in [0.1, 0.15) is 69.7 Å². The van der Waals surface area contributed by atoms with Crippen LogP contribution in [0.2, 0.25) is 0 Å². The quantitative estimate of drug-likeness (QED) is 0.576. The molecular formula is C19H33N5O. The summed E-state index contributed by atoms with van der Waals surface area (Å²) >= 11 is 0. The SMILES string of the molecule is CN=C(NCC1(O)CCCCC1)NC1CCc2cn(C(C)C)nc2C1. The Hall–Kier alpha value is -1.56. The van der Waals surface area contributed by atoms with Gasteiger partial charge in [0.1, 0.15) is 0 Å². The number of nitrogens with one attached hydrogen (secondary N) is 2. The molecule has 3 N–H and O–H groups in total. The molecule has 6 heteroatoms. The van der Waals surface area contributed by atoms with Crippen LogP contribution in [0.3, 0.4) is 0 Å². The molecule has 2 aliphatic carbocycles. The van der Waals surface area contributed by atoms with Gasteiger partial charge in [-0.15, -0.1) is 0 Å². The smallest absolute Gasteiger partial charge is 0.191 e. The zero-order chi connectivity index (χ0) is 17.9. The third-order valence-electron chi connectivity index (χ3n) is 5.56. The normalized spacial score (nSPS) is 23.4. The predicted molar refractivity (Wildman–Crippen MR) is 101 cm³/mol. The minimum absolute atomic E-state index is 0.343. The Morgan fingerprint density at radius 3 is 2.84 bits per heavy atom. The van der Waals surface area contributed by atoms with Crippen LogP contribution >= 0.6 is 0 Å². The van der Waals surface area contributed by atoms with Crippen molar-refractivity contribution < 1.29 is 5.11 Å². The molecule has 0 radical (unpaired) electrons. The predicted octanol–water partition coefficient (Wildman–Crippen LogP) is 2.18. The first-order chi connectivity index (χ1) is 12.0. The van der Waals surface area contributed by atoms with E-state index in [1.54, 1.807) is 7.05 Å². The molecule has 0 aliphatic heterocycles. The van der Waals surface area contributed by atoms with Crippen molar-refractivity contribution in [1.82, 2.24) is 20.4 Å². The summed E-state index contributed by atoms with van der Waals surface area (Å²) in [6.45, 7) is 4.90. The lowest BCUT2D eigenvalue weighted by Crippen LogP contribution is -2.51. The molecule has 0 bridgehead atoms. The second-order valence-corrected chi connectivity index (χ2v) is 7.97. The van der Waals surface area contributed by atoms with E-state index < -0.39 is 5.60 Å². The first kappa shape index (κ1) is 18.2. The molecule has 1 aromatic heterocycles. The highest BCUT2D eigenvalue weighted by Crippen LogP contribution is 2.27. The van der Waals surface area contributed by atoms with Crippen molar-refractivity contribution in [3.05, 3.63) is 17.5 Å². The monoisotopic (exact) mass is 347 g/mol. The van der Waals surface area contributed by atoms with Crippen LogP contribution in [-0.2, 0) is 12.8 Å². The van der Waals surface area contributed by atoms with E-state index in [4.69, 9.17) is 5.10 Å². The van der Waals surface area contributed by atoms with Crippen molar-refractivity contribution in [1.29, 1.82) is 0 Å². The van der Waals surface area contributed by atoms with Gasteiger partial charge in [0.25, 0.3) is 0 Å². The van der Waals surface area contributed by atoms with Gasteiger partial charge in [0.15, 0.2) is 5.96 Å². The molecule has 1 saturated carbocycles. The van der Waals surface area contributed by atoms with E-state index in [0.717, 1.165) is 50.9 Å². The van der Waals surface area contributed by atoms with Crippen LogP contribution < -0.4 is 10.6 Å². The molecule has 2 aliphatic rings. The lowest BCUT2D eigenvalue weighted by Gasteiger charge is -2.33. The van der Waals surface area contributed by atoms with Crippen molar-refractivity contribution in [2.75, 3.05) is 13.6 Å². The van der Waals surface area contributed by atoms with Crippen molar-refractivity contribution in [2.24, 2.45) is 4.99 Å². The number of guanidine groups is 1. The van der Waals surface area contributed by atoms with Crippen molar-refractivity contribution in [3.8, 4) is 0 Å². The largest absolute Gasteiger partial charge is 0.388 e. The van der Waals surface area contributed by atoms with Gasteiger partial charge in [-0.1, -0.05) is 19.3 Å². The number of fused-ring (bicyclic) bond motifs is 1. The molecule has 1 atom stereocenters. The molecule has 0 aromatic carbocycles. The zero-order valence-electron chi connectivity index (χ0n) is 15.9. The average Bonchev–Trinajstić information content (AvgIpc) is 3.03. The minimum atomic E-state index is -0.578. The third-order valence-corrected chi connectivity index (χ3v) is 5.56. The van der Waals surface area contributed by atoms with Crippen molar-refractivity contribution >= 4 is 5.96 Å². The highest BCUT2D eigenvalue weighted by atomic mass is 16.3. The van der Waals surface area contributed by atoms with E-state index in [9.17, 15) is 5.11 Å². The molecule has 6 nitrogen and oxygen atoms in total. The van der Waals surface area contributed by atoms with Gasteiger partial charge in [0.05, 0.1) is 11.3 Å². The van der Waals surface area contributed by atoms with Gasteiger partial charge in [-0.25, -0.2) is 0 Å². The molecule has 1 aromatic rings. The average molecular weight is 348 g/mol. The van der Waals surface area contributed by atoms with Gasteiger partial charge in [-0.3, -0.25) is 9.67 Å². The zero-order valence-corrected chi connectivity index (χ0v) is 15.9. The van der Waals surface area contributed by atoms with Crippen LogP contribution in [-0.4, -0.2) is 46.1 Å².